The van der Waals surface area contributed by atoms with Crippen molar-refractivity contribution in [3.8, 4) is 11.3 Å². The molecule has 106 valence electrons. The monoisotopic (exact) mass is 273 g/mol. The van der Waals surface area contributed by atoms with Crippen LogP contribution in [0, 0.1) is 12.7 Å². The second-order valence-electron chi connectivity index (χ2n) is 5.15. The van der Waals surface area contributed by atoms with E-state index in [9.17, 15) is 4.39 Å². The summed E-state index contributed by atoms with van der Waals surface area (Å²) in [6.07, 6.45) is 1.49. The first-order valence-electron chi connectivity index (χ1n) is 6.89. The topological polar surface area (TPSA) is 37.8 Å². The summed E-state index contributed by atoms with van der Waals surface area (Å²) in [6.45, 7) is 8.86. The van der Waals surface area contributed by atoms with Crippen LogP contribution in [0.5, 0.6) is 0 Å². The van der Waals surface area contributed by atoms with Crippen LogP contribution in [0.3, 0.4) is 0 Å². The van der Waals surface area contributed by atoms with E-state index in [0.717, 1.165) is 23.5 Å². The summed E-state index contributed by atoms with van der Waals surface area (Å²) in [7, 11) is 0. The van der Waals surface area contributed by atoms with Gasteiger partial charge in [0, 0.05) is 17.7 Å². The zero-order valence-corrected chi connectivity index (χ0v) is 12.4. The molecule has 0 atom stereocenters. The summed E-state index contributed by atoms with van der Waals surface area (Å²) in [5.41, 5.74) is 3.18. The molecule has 0 saturated carbocycles. The third kappa shape index (κ3) is 2.79. The number of aromatic nitrogens is 2. The molecule has 0 saturated heterocycles. The molecule has 1 heterocycles. The minimum atomic E-state index is -0.251. The van der Waals surface area contributed by atoms with Gasteiger partial charge in [0.05, 0.1) is 5.69 Å². The zero-order chi connectivity index (χ0) is 14.7. The molecule has 0 aliphatic heterocycles. The second-order valence-corrected chi connectivity index (χ2v) is 5.15. The lowest BCUT2D eigenvalue weighted by Gasteiger charge is -2.17. The third-order valence-electron chi connectivity index (χ3n) is 3.18. The van der Waals surface area contributed by atoms with E-state index in [4.69, 9.17) is 0 Å². The predicted molar refractivity (Wildman–Crippen MR) is 80.4 cm³/mol. The van der Waals surface area contributed by atoms with Gasteiger partial charge in [0.15, 0.2) is 0 Å². The summed E-state index contributed by atoms with van der Waals surface area (Å²) in [4.78, 5) is 8.61. The SMILES string of the molecule is CCNc1ncnc(-c2cc(C)ccc2F)c1C(C)C. The highest BCUT2D eigenvalue weighted by molar-refractivity contribution is 5.70. The van der Waals surface area contributed by atoms with Gasteiger partial charge < -0.3 is 5.32 Å². The quantitative estimate of drug-likeness (QED) is 0.909. The first-order valence-corrected chi connectivity index (χ1v) is 6.89. The standard InChI is InChI=1S/C16H20FN3/c1-5-18-16-14(10(2)3)15(19-9-20-16)12-8-11(4)6-7-13(12)17/h6-10H,5H2,1-4H3,(H,18,19,20). The van der Waals surface area contributed by atoms with Gasteiger partial charge in [-0.2, -0.15) is 0 Å². The number of benzene rings is 1. The smallest absolute Gasteiger partial charge is 0.133 e. The normalized spacial score (nSPS) is 10.9. The fraction of sp³-hybridized carbons (Fsp3) is 0.375. The van der Waals surface area contributed by atoms with Gasteiger partial charge in [0.2, 0.25) is 0 Å². The summed E-state index contributed by atoms with van der Waals surface area (Å²) in [6, 6.07) is 5.09. The molecule has 4 heteroatoms. The molecule has 0 radical (unpaired) electrons. The molecule has 1 N–H and O–H groups in total. The van der Waals surface area contributed by atoms with Crippen LogP contribution in [0.1, 0.15) is 37.8 Å². The largest absolute Gasteiger partial charge is 0.370 e. The summed E-state index contributed by atoms with van der Waals surface area (Å²) in [5, 5.41) is 3.23. The molecule has 0 spiro atoms. The number of halogens is 1. The molecular formula is C16H20FN3. The van der Waals surface area contributed by atoms with Crippen molar-refractivity contribution in [3.05, 3.63) is 41.5 Å². The predicted octanol–water partition coefficient (Wildman–Crippen LogP) is 4.15. The van der Waals surface area contributed by atoms with E-state index in [2.05, 4.69) is 29.1 Å². The van der Waals surface area contributed by atoms with Crippen molar-refractivity contribution < 1.29 is 4.39 Å². The maximum Gasteiger partial charge on any atom is 0.133 e. The Morgan fingerprint density at radius 1 is 1.25 bits per heavy atom. The van der Waals surface area contributed by atoms with E-state index in [1.54, 1.807) is 6.07 Å². The maximum absolute atomic E-state index is 14.1. The van der Waals surface area contributed by atoms with Crippen LogP contribution in [0.25, 0.3) is 11.3 Å². The summed E-state index contributed by atoms with van der Waals surface area (Å²) in [5.74, 6) is 0.743. The highest BCUT2D eigenvalue weighted by Gasteiger charge is 2.18. The molecular weight excluding hydrogens is 253 g/mol. The number of nitrogens with zero attached hydrogens (tertiary/aromatic N) is 2. The Morgan fingerprint density at radius 2 is 2.00 bits per heavy atom. The molecule has 0 aliphatic carbocycles. The number of hydrogen-bond acceptors (Lipinski definition) is 3. The average Bonchev–Trinajstić information content (AvgIpc) is 2.41. The molecule has 2 aromatic rings. The highest BCUT2D eigenvalue weighted by atomic mass is 19.1. The van der Waals surface area contributed by atoms with Crippen molar-refractivity contribution in [2.45, 2.75) is 33.6 Å². The second kappa shape index (κ2) is 5.99. The lowest BCUT2D eigenvalue weighted by Crippen LogP contribution is -2.08. The molecule has 0 unspecified atom stereocenters. The number of hydrogen-bond donors (Lipinski definition) is 1. The lowest BCUT2D eigenvalue weighted by atomic mass is 9.96. The Morgan fingerprint density at radius 3 is 2.65 bits per heavy atom. The first kappa shape index (κ1) is 14.4. The van der Waals surface area contributed by atoms with Gasteiger partial charge in [-0.1, -0.05) is 25.5 Å². The van der Waals surface area contributed by atoms with Crippen LogP contribution < -0.4 is 5.32 Å². The van der Waals surface area contributed by atoms with Crippen molar-refractivity contribution in [2.75, 3.05) is 11.9 Å². The molecule has 0 aliphatic rings. The lowest BCUT2D eigenvalue weighted by molar-refractivity contribution is 0.629. The van der Waals surface area contributed by atoms with E-state index in [0.29, 0.717) is 11.3 Å². The van der Waals surface area contributed by atoms with Gasteiger partial charge in [0.25, 0.3) is 0 Å². The molecule has 1 aromatic carbocycles. The highest BCUT2D eigenvalue weighted by Crippen LogP contribution is 2.33. The first-order chi connectivity index (χ1) is 9.54. The van der Waals surface area contributed by atoms with Crippen molar-refractivity contribution in [2.24, 2.45) is 0 Å². The number of nitrogens with one attached hydrogen (secondary N) is 1. The Hall–Kier alpha value is -1.97. The molecule has 2 rings (SSSR count). The van der Waals surface area contributed by atoms with E-state index < -0.39 is 0 Å². The minimum Gasteiger partial charge on any atom is -0.370 e. The van der Waals surface area contributed by atoms with Crippen molar-refractivity contribution in [1.29, 1.82) is 0 Å². The summed E-state index contributed by atoms with van der Waals surface area (Å²) < 4.78 is 14.1. The van der Waals surface area contributed by atoms with Gasteiger partial charge in [-0.3, -0.25) is 0 Å². The number of anilines is 1. The number of rotatable bonds is 4. The maximum atomic E-state index is 14.1. The van der Waals surface area contributed by atoms with Gasteiger partial charge in [-0.15, -0.1) is 0 Å². The Kier molecular flexibility index (Phi) is 4.32. The van der Waals surface area contributed by atoms with Gasteiger partial charge in [-0.25, -0.2) is 14.4 Å². The zero-order valence-electron chi connectivity index (χ0n) is 12.4. The van der Waals surface area contributed by atoms with Crippen LogP contribution in [0.4, 0.5) is 10.2 Å². The molecule has 0 amide bonds. The summed E-state index contributed by atoms with van der Waals surface area (Å²) >= 11 is 0. The van der Waals surface area contributed by atoms with Crippen LogP contribution in [0.2, 0.25) is 0 Å². The fourth-order valence-corrected chi connectivity index (χ4v) is 2.29. The van der Waals surface area contributed by atoms with E-state index in [1.807, 2.05) is 19.9 Å². The van der Waals surface area contributed by atoms with Crippen LogP contribution >= 0.6 is 0 Å². The molecule has 20 heavy (non-hydrogen) atoms. The third-order valence-corrected chi connectivity index (χ3v) is 3.18. The van der Waals surface area contributed by atoms with Gasteiger partial charge in [-0.05, 0) is 31.9 Å². The molecule has 0 bridgehead atoms. The fourth-order valence-electron chi connectivity index (χ4n) is 2.29. The molecule has 3 nitrogen and oxygen atoms in total. The average molecular weight is 273 g/mol. The van der Waals surface area contributed by atoms with Gasteiger partial charge in [0.1, 0.15) is 18.0 Å². The van der Waals surface area contributed by atoms with Crippen molar-refractivity contribution >= 4 is 5.82 Å². The Bertz CT molecular complexity index is 609. The van der Waals surface area contributed by atoms with E-state index >= 15 is 0 Å². The van der Waals surface area contributed by atoms with Crippen LogP contribution in [-0.2, 0) is 0 Å². The Balaban J connectivity index is 2.67. The van der Waals surface area contributed by atoms with Crippen molar-refractivity contribution in [3.63, 3.8) is 0 Å². The molecule has 0 fully saturated rings. The Labute approximate surface area is 119 Å². The van der Waals surface area contributed by atoms with Gasteiger partial charge >= 0.3 is 0 Å². The van der Waals surface area contributed by atoms with E-state index in [-0.39, 0.29) is 11.7 Å². The van der Waals surface area contributed by atoms with Crippen LogP contribution in [0.15, 0.2) is 24.5 Å². The van der Waals surface area contributed by atoms with E-state index in [1.165, 1.54) is 12.4 Å². The van der Waals surface area contributed by atoms with Crippen molar-refractivity contribution in [1.82, 2.24) is 9.97 Å². The molecule has 1 aromatic heterocycles. The number of aryl methyl sites for hydroxylation is 1. The minimum absolute atomic E-state index is 0.208. The van der Waals surface area contributed by atoms with Crippen LogP contribution in [-0.4, -0.2) is 16.5 Å².